The summed E-state index contributed by atoms with van der Waals surface area (Å²) in [4.78, 5) is 25.0. The summed E-state index contributed by atoms with van der Waals surface area (Å²) in [5, 5.41) is 16.5. The lowest BCUT2D eigenvalue weighted by Gasteiger charge is -2.19. The van der Waals surface area contributed by atoms with Crippen LogP contribution in [0.5, 0.6) is 5.75 Å². The van der Waals surface area contributed by atoms with Gasteiger partial charge in [0.05, 0.1) is 5.71 Å². The van der Waals surface area contributed by atoms with Gasteiger partial charge in [-0.1, -0.05) is 39.8 Å². The number of carbonyl (C=O) groups is 2. The van der Waals surface area contributed by atoms with Crippen molar-refractivity contribution in [1.82, 2.24) is 5.43 Å². The maximum Gasteiger partial charge on any atom is 0.271 e. The highest BCUT2D eigenvalue weighted by Gasteiger charge is 2.14. The molecule has 0 spiro atoms. The van der Waals surface area contributed by atoms with Crippen LogP contribution in [-0.2, 0) is 5.41 Å². The second-order valence-electron chi connectivity index (χ2n) is 8.76. The summed E-state index contributed by atoms with van der Waals surface area (Å²) >= 11 is 0. The van der Waals surface area contributed by atoms with Gasteiger partial charge in [0, 0.05) is 16.8 Å². The molecule has 6 nitrogen and oxygen atoms in total. The van der Waals surface area contributed by atoms with Crippen molar-refractivity contribution >= 4 is 23.2 Å². The molecular formula is C27H29N3O3. The molecule has 33 heavy (non-hydrogen) atoms. The molecule has 2 amide bonds. The Balaban J connectivity index is 1.62. The number of anilines is 1. The fourth-order valence-electron chi connectivity index (χ4n) is 3.21. The van der Waals surface area contributed by atoms with Crippen LogP contribution in [0.1, 0.15) is 66.0 Å². The van der Waals surface area contributed by atoms with Gasteiger partial charge in [0.15, 0.2) is 0 Å². The number of carbonyl (C=O) groups excluding carboxylic acids is 2. The minimum Gasteiger partial charge on any atom is -0.508 e. The number of aromatic hydroxyl groups is 1. The number of benzene rings is 3. The molecular weight excluding hydrogens is 414 g/mol. The lowest BCUT2D eigenvalue weighted by molar-refractivity contribution is 0.0954. The Morgan fingerprint density at radius 3 is 1.85 bits per heavy atom. The van der Waals surface area contributed by atoms with Crippen molar-refractivity contribution in [3.8, 4) is 5.75 Å². The molecule has 3 rings (SSSR count). The van der Waals surface area contributed by atoms with Gasteiger partial charge in [0.1, 0.15) is 5.75 Å². The van der Waals surface area contributed by atoms with Crippen molar-refractivity contribution in [2.45, 2.75) is 39.5 Å². The number of phenols is 1. The molecule has 3 aromatic carbocycles. The van der Waals surface area contributed by atoms with E-state index < -0.39 is 0 Å². The zero-order valence-electron chi connectivity index (χ0n) is 19.3. The van der Waals surface area contributed by atoms with Gasteiger partial charge in [-0.15, -0.1) is 0 Å². The zero-order valence-corrected chi connectivity index (χ0v) is 19.3. The van der Waals surface area contributed by atoms with Crippen LogP contribution < -0.4 is 10.7 Å². The Bertz CT molecular complexity index is 1140. The highest BCUT2D eigenvalue weighted by molar-refractivity contribution is 6.05. The number of amides is 2. The van der Waals surface area contributed by atoms with E-state index in [1.54, 1.807) is 48.5 Å². The van der Waals surface area contributed by atoms with E-state index in [1.165, 1.54) is 0 Å². The van der Waals surface area contributed by atoms with E-state index in [9.17, 15) is 14.7 Å². The van der Waals surface area contributed by atoms with E-state index in [0.717, 1.165) is 11.1 Å². The highest BCUT2D eigenvalue weighted by atomic mass is 16.3. The quantitative estimate of drug-likeness (QED) is 0.348. The average molecular weight is 444 g/mol. The van der Waals surface area contributed by atoms with E-state index in [-0.39, 0.29) is 23.0 Å². The molecule has 0 saturated carbocycles. The predicted octanol–water partition coefficient (Wildman–Crippen LogP) is 5.49. The van der Waals surface area contributed by atoms with E-state index in [4.69, 9.17) is 0 Å². The van der Waals surface area contributed by atoms with Crippen molar-refractivity contribution in [2.75, 3.05) is 5.32 Å². The molecule has 0 aromatic heterocycles. The molecule has 0 fully saturated rings. The van der Waals surface area contributed by atoms with Gasteiger partial charge in [-0.2, -0.15) is 5.10 Å². The number of hydrazone groups is 1. The molecule has 0 aliphatic carbocycles. The second-order valence-corrected chi connectivity index (χ2v) is 8.76. The number of hydrogen-bond acceptors (Lipinski definition) is 4. The molecule has 0 saturated heterocycles. The van der Waals surface area contributed by atoms with E-state index in [2.05, 4.69) is 36.6 Å². The number of nitrogens with one attached hydrogen (secondary N) is 2. The van der Waals surface area contributed by atoms with Gasteiger partial charge in [0.2, 0.25) is 0 Å². The van der Waals surface area contributed by atoms with Crippen LogP contribution in [0, 0.1) is 0 Å². The Labute approximate surface area is 194 Å². The predicted molar refractivity (Wildman–Crippen MR) is 132 cm³/mol. The van der Waals surface area contributed by atoms with Gasteiger partial charge < -0.3 is 10.4 Å². The lowest BCUT2D eigenvalue weighted by atomic mass is 9.87. The first-order valence-corrected chi connectivity index (χ1v) is 10.9. The fraction of sp³-hybridized carbons (Fsp3) is 0.222. The molecule has 0 radical (unpaired) electrons. The minimum atomic E-state index is -0.352. The Morgan fingerprint density at radius 1 is 0.788 bits per heavy atom. The Hall–Kier alpha value is -3.93. The Kier molecular flexibility index (Phi) is 7.28. The summed E-state index contributed by atoms with van der Waals surface area (Å²) in [6.45, 7) is 8.32. The number of rotatable bonds is 6. The molecule has 3 N–H and O–H groups in total. The van der Waals surface area contributed by atoms with Crippen LogP contribution in [0.2, 0.25) is 0 Å². The third kappa shape index (κ3) is 6.29. The van der Waals surface area contributed by atoms with Crippen LogP contribution in [0.3, 0.4) is 0 Å². The first kappa shape index (κ1) is 23.7. The van der Waals surface area contributed by atoms with Crippen molar-refractivity contribution in [3.63, 3.8) is 0 Å². The normalized spacial score (nSPS) is 11.7. The third-order valence-electron chi connectivity index (χ3n) is 5.25. The topological polar surface area (TPSA) is 90.8 Å². The van der Waals surface area contributed by atoms with Crippen molar-refractivity contribution in [2.24, 2.45) is 5.10 Å². The van der Waals surface area contributed by atoms with Gasteiger partial charge in [-0.3, -0.25) is 9.59 Å². The molecule has 0 bridgehead atoms. The standard InChI is InChI=1S/C27H29N3O3/c1-5-24(18-10-16-23(31)17-11-18)29-30-26(33)20-8-14-22(15-9-20)28-25(32)19-6-12-21(13-7-19)27(2,3)4/h6-17,31H,5H2,1-4H3,(H,28,32)(H,30,33)/b29-24+. The molecule has 0 aliphatic heterocycles. The van der Waals surface area contributed by atoms with Gasteiger partial charge >= 0.3 is 0 Å². The summed E-state index contributed by atoms with van der Waals surface area (Å²) in [6, 6.07) is 20.8. The van der Waals surface area contributed by atoms with Crippen LogP contribution >= 0.6 is 0 Å². The van der Waals surface area contributed by atoms with E-state index in [1.807, 2.05) is 31.2 Å². The number of nitrogens with zero attached hydrogens (tertiary/aromatic N) is 1. The SMILES string of the molecule is CC/C(=N\NC(=O)c1ccc(NC(=O)c2ccc(C(C)(C)C)cc2)cc1)c1ccc(O)cc1. The Morgan fingerprint density at radius 2 is 1.30 bits per heavy atom. The maximum absolute atomic E-state index is 12.5. The fourth-order valence-corrected chi connectivity index (χ4v) is 3.21. The van der Waals surface area contributed by atoms with Crippen LogP contribution in [0.15, 0.2) is 77.9 Å². The van der Waals surface area contributed by atoms with Crippen LogP contribution in [0.4, 0.5) is 5.69 Å². The zero-order chi connectivity index (χ0) is 24.0. The average Bonchev–Trinajstić information content (AvgIpc) is 2.80. The van der Waals surface area contributed by atoms with Gasteiger partial charge in [-0.05, 0) is 83.6 Å². The highest BCUT2D eigenvalue weighted by Crippen LogP contribution is 2.22. The number of phenolic OH excluding ortho intramolecular Hbond substituents is 1. The first-order valence-electron chi connectivity index (χ1n) is 10.9. The maximum atomic E-state index is 12.5. The molecule has 3 aromatic rings. The second kappa shape index (κ2) is 10.1. The molecule has 0 atom stereocenters. The van der Waals surface area contributed by atoms with Crippen LogP contribution in [-0.4, -0.2) is 22.6 Å². The largest absolute Gasteiger partial charge is 0.508 e. The monoisotopic (exact) mass is 443 g/mol. The van der Waals surface area contributed by atoms with E-state index >= 15 is 0 Å². The molecule has 0 aliphatic rings. The summed E-state index contributed by atoms with van der Waals surface area (Å²) in [7, 11) is 0. The molecule has 0 heterocycles. The van der Waals surface area contributed by atoms with Crippen molar-refractivity contribution < 1.29 is 14.7 Å². The smallest absolute Gasteiger partial charge is 0.271 e. The minimum absolute atomic E-state index is 0.0252. The first-order chi connectivity index (χ1) is 15.7. The van der Waals surface area contributed by atoms with E-state index in [0.29, 0.717) is 28.9 Å². The molecule has 170 valence electrons. The molecule has 0 unspecified atom stereocenters. The number of hydrogen-bond donors (Lipinski definition) is 3. The summed E-state index contributed by atoms with van der Waals surface area (Å²) in [5.74, 6) is -0.388. The molecule has 6 heteroatoms. The van der Waals surface area contributed by atoms with Crippen molar-refractivity contribution in [1.29, 1.82) is 0 Å². The van der Waals surface area contributed by atoms with Crippen LogP contribution in [0.25, 0.3) is 0 Å². The van der Waals surface area contributed by atoms with Gasteiger partial charge in [-0.25, -0.2) is 5.43 Å². The summed E-state index contributed by atoms with van der Waals surface area (Å²) < 4.78 is 0. The summed E-state index contributed by atoms with van der Waals surface area (Å²) in [6.07, 6.45) is 0.618. The van der Waals surface area contributed by atoms with Gasteiger partial charge in [0.25, 0.3) is 11.8 Å². The summed E-state index contributed by atoms with van der Waals surface area (Å²) in [5.41, 5.74) is 6.86. The lowest BCUT2D eigenvalue weighted by Crippen LogP contribution is -2.20. The third-order valence-corrected chi connectivity index (χ3v) is 5.25. The van der Waals surface area contributed by atoms with Crippen molar-refractivity contribution in [3.05, 3.63) is 95.1 Å².